The molecule has 1 aromatic carbocycles. The van der Waals surface area contributed by atoms with E-state index in [1.807, 2.05) is 0 Å². The molecule has 1 N–H and O–H groups in total. The standard InChI is InChI=1S/C14H19ClFNO4S/c15-13-9-12(4-5-14(13)16)22(18,19)17-6-2-7-20-10-11-3-1-8-21-11/h4-5,9,11,17H,1-3,6-8,10H2/t11-/m0/s1. The van der Waals surface area contributed by atoms with Gasteiger partial charge in [0.1, 0.15) is 5.82 Å². The van der Waals surface area contributed by atoms with Crippen molar-refractivity contribution in [2.45, 2.75) is 30.3 Å². The summed E-state index contributed by atoms with van der Waals surface area (Å²) in [6, 6.07) is 3.30. The van der Waals surface area contributed by atoms with Gasteiger partial charge in [0, 0.05) is 19.8 Å². The van der Waals surface area contributed by atoms with Crippen LogP contribution in [0.5, 0.6) is 0 Å². The molecule has 8 heteroatoms. The largest absolute Gasteiger partial charge is 0.379 e. The molecule has 124 valence electrons. The third-order valence-electron chi connectivity index (χ3n) is 3.29. The van der Waals surface area contributed by atoms with Crippen LogP contribution in [0.3, 0.4) is 0 Å². The van der Waals surface area contributed by atoms with Gasteiger partial charge in [-0.2, -0.15) is 0 Å². The predicted octanol–water partition coefficient (Wildman–Crippen LogP) is 2.34. The number of nitrogens with one attached hydrogen (secondary N) is 1. The molecule has 1 aromatic rings. The molecule has 1 saturated heterocycles. The third kappa shape index (κ3) is 5.17. The molecule has 0 spiro atoms. The van der Waals surface area contributed by atoms with Crippen LogP contribution in [-0.4, -0.2) is 40.9 Å². The molecule has 0 amide bonds. The lowest BCUT2D eigenvalue weighted by atomic mass is 10.2. The molecule has 0 unspecified atom stereocenters. The first-order chi connectivity index (χ1) is 10.5. The summed E-state index contributed by atoms with van der Waals surface area (Å²) in [6.07, 6.45) is 2.78. The second kappa shape index (κ2) is 8.21. The molecule has 2 rings (SSSR count). The Morgan fingerprint density at radius 1 is 1.45 bits per heavy atom. The van der Waals surface area contributed by atoms with E-state index >= 15 is 0 Å². The van der Waals surface area contributed by atoms with Crippen LogP contribution in [0.25, 0.3) is 0 Å². The summed E-state index contributed by atoms with van der Waals surface area (Å²) in [5.74, 6) is -0.650. The van der Waals surface area contributed by atoms with Gasteiger partial charge >= 0.3 is 0 Å². The van der Waals surface area contributed by atoms with Crippen molar-refractivity contribution >= 4 is 21.6 Å². The average Bonchev–Trinajstić information content (AvgIpc) is 2.98. The Kier molecular flexibility index (Phi) is 6.58. The quantitative estimate of drug-likeness (QED) is 0.730. The summed E-state index contributed by atoms with van der Waals surface area (Å²) < 4.78 is 50.3. The minimum absolute atomic E-state index is 0.0563. The zero-order valence-electron chi connectivity index (χ0n) is 12.1. The van der Waals surface area contributed by atoms with E-state index < -0.39 is 15.8 Å². The maximum atomic E-state index is 13.0. The molecule has 0 bridgehead atoms. The van der Waals surface area contributed by atoms with Crippen LogP contribution in [0.15, 0.2) is 23.1 Å². The highest BCUT2D eigenvalue weighted by molar-refractivity contribution is 7.89. The van der Waals surface area contributed by atoms with E-state index in [1.54, 1.807) is 0 Å². The first-order valence-corrected chi connectivity index (χ1v) is 8.99. The summed E-state index contributed by atoms with van der Waals surface area (Å²) in [5.41, 5.74) is 0. The lowest BCUT2D eigenvalue weighted by Crippen LogP contribution is -2.26. The van der Waals surface area contributed by atoms with Crippen LogP contribution < -0.4 is 4.72 Å². The molecule has 1 aliphatic heterocycles. The lowest BCUT2D eigenvalue weighted by molar-refractivity contribution is 0.0169. The fourth-order valence-electron chi connectivity index (χ4n) is 2.10. The first kappa shape index (κ1) is 17.6. The highest BCUT2D eigenvalue weighted by Gasteiger charge is 2.16. The van der Waals surface area contributed by atoms with E-state index in [2.05, 4.69) is 4.72 Å². The number of rotatable bonds is 8. The van der Waals surface area contributed by atoms with E-state index in [-0.39, 0.29) is 22.6 Å². The van der Waals surface area contributed by atoms with Gasteiger partial charge in [0.15, 0.2) is 0 Å². The summed E-state index contributed by atoms with van der Waals surface area (Å²) >= 11 is 5.59. The Hall–Kier alpha value is -0.730. The fraction of sp³-hybridized carbons (Fsp3) is 0.571. The maximum absolute atomic E-state index is 13.0. The van der Waals surface area contributed by atoms with Gasteiger partial charge in [0.2, 0.25) is 10.0 Å². The Bertz CT molecular complexity index is 591. The molecular weight excluding hydrogens is 333 g/mol. The second-order valence-corrected chi connectivity index (χ2v) is 7.21. The molecule has 0 aromatic heterocycles. The van der Waals surface area contributed by atoms with Gasteiger partial charge in [-0.3, -0.25) is 0 Å². The van der Waals surface area contributed by atoms with Gasteiger partial charge in [-0.25, -0.2) is 17.5 Å². The first-order valence-electron chi connectivity index (χ1n) is 7.13. The molecule has 0 aliphatic carbocycles. The lowest BCUT2D eigenvalue weighted by Gasteiger charge is -2.10. The topological polar surface area (TPSA) is 64.6 Å². The van der Waals surface area contributed by atoms with Crippen molar-refractivity contribution in [1.29, 1.82) is 0 Å². The van der Waals surface area contributed by atoms with Gasteiger partial charge in [-0.1, -0.05) is 11.6 Å². The van der Waals surface area contributed by atoms with Crippen molar-refractivity contribution in [2.75, 3.05) is 26.4 Å². The van der Waals surface area contributed by atoms with E-state index in [9.17, 15) is 12.8 Å². The highest BCUT2D eigenvalue weighted by Crippen LogP contribution is 2.19. The summed E-state index contributed by atoms with van der Waals surface area (Å²) in [6.45, 7) is 2.02. The predicted molar refractivity (Wildman–Crippen MR) is 81.0 cm³/mol. The summed E-state index contributed by atoms with van der Waals surface area (Å²) in [5, 5.41) is -0.220. The SMILES string of the molecule is O=S(=O)(NCCCOC[C@@H]1CCCO1)c1ccc(F)c(Cl)c1. The molecule has 0 radical (unpaired) electrons. The summed E-state index contributed by atoms with van der Waals surface area (Å²) in [4.78, 5) is -0.0563. The maximum Gasteiger partial charge on any atom is 0.240 e. The van der Waals surface area contributed by atoms with E-state index in [0.29, 0.717) is 19.6 Å². The van der Waals surface area contributed by atoms with E-state index in [4.69, 9.17) is 21.1 Å². The van der Waals surface area contributed by atoms with Crippen LogP contribution in [0.1, 0.15) is 19.3 Å². The molecule has 22 heavy (non-hydrogen) atoms. The van der Waals surface area contributed by atoms with Gasteiger partial charge in [-0.15, -0.1) is 0 Å². The average molecular weight is 352 g/mol. The number of ether oxygens (including phenoxy) is 2. The molecular formula is C14H19ClFNO4S. The van der Waals surface area contributed by atoms with Gasteiger partial charge in [0.25, 0.3) is 0 Å². The second-order valence-electron chi connectivity index (χ2n) is 5.04. The fourth-order valence-corrected chi connectivity index (χ4v) is 3.44. The van der Waals surface area contributed by atoms with Gasteiger partial charge < -0.3 is 9.47 Å². The number of sulfonamides is 1. The molecule has 1 heterocycles. The van der Waals surface area contributed by atoms with Crippen molar-refractivity contribution in [2.24, 2.45) is 0 Å². The van der Waals surface area contributed by atoms with Crippen molar-refractivity contribution in [3.8, 4) is 0 Å². The zero-order chi connectivity index (χ0) is 16.0. The molecule has 5 nitrogen and oxygen atoms in total. The highest BCUT2D eigenvalue weighted by atomic mass is 35.5. The molecule has 1 fully saturated rings. The van der Waals surface area contributed by atoms with Gasteiger partial charge in [0.05, 0.1) is 22.6 Å². The number of hydrogen-bond acceptors (Lipinski definition) is 4. The number of hydrogen-bond donors (Lipinski definition) is 1. The van der Waals surface area contributed by atoms with Crippen molar-refractivity contribution < 1.29 is 22.3 Å². The minimum Gasteiger partial charge on any atom is -0.379 e. The van der Waals surface area contributed by atoms with Crippen molar-refractivity contribution in [1.82, 2.24) is 4.72 Å². The number of benzene rings is 1. The van der Waals surface area contributed by atoms with Crippen molar-refractivity contribution in [3.05, 3.63) is 29.0 Å². The van der Waals surface area contributed by atoms with Crippen LogP contribution in [0.2, 0.25) is 5.02 Å². The van der Waals surface area contributed by atoms with Crippen LogP contribution in [-0.2, 0) is 19.5 Å². The van der Waals surface area contributed by atoms with Crippen molar-refractivity contribution in [3.63, 3.8) is 0 Å². The Morgan fingerprint density at radius 3 is 2.95 bits per heavy atom. The van der Waals surface area contributed by atoms with Crippen LogP contribution in [0, 0.1) is 5.82 Å². The van der Waals surface area contributed by atoms with Crippen LogP contribution in [0.4, 0.5) is 4.39 Å². The smallest absolute Gasteiger partial charge is 0.240 e. The summed E-state index contributed by atoms with van der Waals surface area (Å²) in [7, 11) is -3.68. The van der Waals surface area contributed by atoms with Crippen LogP contribution >= 0.6 is 11.6 Å². The normalized spacial score (nSPS) is 18.7. The zero-order valence-corrected chi connectivity index (χ0v) is 13.6. The third-order valence-corrected chi connectivity index (χ3v) is 5.03. The Morgan fingerprint density at radius 2 is 2.27 bits per heavy atom. The Labute approximate surface area is 134 Å². The monoisotopic (exact) mass is 351 g/mol. The minimum atomic E-state index is -3.68. The van der Waals surface area contributed by atoms with E-state index in [0.717, 1.165) is 31.6 Å². The molecule has 1 atom stereocenters. The van der Waals surface area contributed by atoms with E-state index in [1.165, 1.54) is 6.07 Å². The Balaban J connectivity index is 1.69. The molecule has 1 aliphatic rings. The molecule has 0 saturated carbocycles. The number of halogens is 2. The van der Waals surface area contributed by atoms with Gasteiger partial charge in [-0.05, 0) is 37.5 Å².